The Kier molecular flexibility index (Phi) is 4.35. The fourth-order valence-corrected chi connectivity index (χ4v) is 3.59. The minimum absolute atomic E-state index is 0.0324. The number of thiazole rings is 1. The van der Waals surface area contributed by atoms with Crippen molar-refractivity contribution in [3.63, 3.8) is 0 Å². The average Bonchev–Trinajstić information content (AvgIpc) is 2.87. The number of carboxylic acid groups (broad SMARTS) is 1. The van der Waals surface area contributed by atoms with Crippen molar-refractivity contribution in [2.45, 2.75) is 51.6 Å². The van der Waals surface area contributed by atoms with Crippen molar-refractivity contribution in [3.8, 4) is 0 Å². The Labute approximate surface area is 111 Å². The molecule has 0 spiro atoms. The van der Waals surface area contributed by atoms with E-state index in [1.807, 2.05) is 6.92 Å². The molecule has 0 saturated heterocycles. The number of ether oxygens (including phenoxy) is 1. The molecule has 5 heteroatoms. The van der Waals surface area contributed by atoms with Crippen LogP contribution in [0, 0.1) is 0 Å². The summed E-state index contributed by atoms with van der Waals surface area (Å²) in [6, 6.07) is 0. The minimum Gasteiger partial charge on any atom is -0.481 e. The summed E-state index contributed by atoms with van der Waals surface area (Å²) >= 11 is 1.63. The molecule has 0 fully saturated rings. The summed E-state index contributed by atoms with van der Waals surface area (Å²) in [6.07, 6.45) is 3.55. The zero-order valence-corrected chi connectivity index (χ0v) is 11.6. The Balaban J connectivity index is 2.21. The van der Waals surface area contributed by atoms with Gasteiger partial charge in [-0.3, -0.25) is 4.79 Å². The Morgan fingerprint density at radius 1 is 1.61 bits per heavy atom. The van der Waals surface area contributed by atoms with Crippen LogP contribution < -0.4 is 0 Å². The van der Waals surface area contributed by atoms with E-state index in [4.69, 9.17) is 9.84 Å². The summed E-state index contributed by atoms with van der Waals surface area (Å²) in [6.45, 7) is 4.76. The fourth-order valence-electron chi connectivity index (χ4n) is 2.37. The van der Waals surface area contributed by atoms with Crippen LogP contribution in [0.2, 0.25) is 0 Å². The van der Waals surface area contributed by atoms with Crippen LogP contribution in [-0.2, 0) is 16.0 Å². The van der Waals surface area contributed by atoms with Crippen LogP contribution in [0.3, 0.4) is 0 Å². The van der Waals surface area contributed by atoms with Crippen molar-refractivity contribution >= 4 is 17.3 Å². The summed E-state index contributed by atoms with van der Waals surface area (Å²) in [5.41, 5.74) is 0.781. The normalized spacial score (nSPS) is 19.8. The van der Waals surface area contributed by atoms with E-state index in [9.17, 15) is 4.79 Å². The van der Waals surface area contributed by atoms with Gasteiger partial charge in [0.05, 0.1) is 5.69 Å². The Morgan fingerprint density at radius 3 is 3.00 bits per heavy atom. The van der Waals surface area contributed by atoms with Gasteiger partial charge in [0, 0.05) is 11.5 Å². The SMILES string of the molecule is CCCC(OCC)c1nc2c(s1)CCC2C(=O)O. The van der Waals surface area contributed by atoms with Gasteiger partial charge < -0.3 is 9.84 Å². The quantitative estimate of drug-likeness (QED) is 0.862. The second-order valence-corrected chi connectivity index (χ2v) is 5.64. The first-order chi connectivity index (χ1) is 8.67. The number of hydrogen-bond donors (Lipinski definition) is 1. The largest absolute Gasteiger partial charge is 0.481 e. The van der Waals surface area contributed by atoms with Gasteiger partial charge in [-0.05, 0) is 26.2 Å². The number of nitrogens with zero attached hydrogens (tertiary/aromatic N) is 1. The van der Waals surface area contributed by atoms with E-state index in [1.54, 1.807) is 11.3 Å². The lowest BCUT2D eigenvalue weighted by Gasteiger charge is -2.13. The third-order valence-corrected chi connectivity index (χ3v) is 4.45. The molecule has 1 aromatic rings. The van der Waals surface area contributed by atoms with Gasteiger partial charge >= 0.3 is 5.97 Å². The van der Waals surface area contributed by atoms with E-state index < -0.39 is 11.9 Å². The number of aliphatic carboxylic acids is 1. The second kappa shape index (κ2) is 5.80. The maximum atomic E-state index is 11.1. The summed E-state index contributed by atoms with van der Waals surface area (Å²) in [5, 5.41) is 10.1. The lowest BCUT2D eigenvalue weighted by molar-refractivity contribution is -0.138. The van der Waals surface area contributed by atoms with Crippen molar-refractivity contribution in [2.75, 3.05) is 6.61 Å². The summed E-state index contributed by atoms with van der Waals surface area (Å²) in [5.74, 6) is -1.16. The van der Waals surface area contributed by atoms with E-state index >= 15 is 0 Å². The monoisotopic (exact) mass is 269 g/mol. The van der Waals surface area contributed by atoms with Crippen molar-refractivity contribution in [3.05, 3.63) is 15.6 Å². The molecule has 1 N–H and O–H groups in total. The van der Waals surface area contributed by atoms with E-state index in [0.29, 0.717) is 13.0 Å². The second-order valence-electron chi connectivity index (χ2n) is 4.52. The van der Waals surface area contributed by atoms with Gasteiger partial charge in [-0.1, -0.05) is 13.3 Å². The molecule has 0 radical (unpaired) electrons. The molecule has 18 heavy (non-hydrogen) atoms. The molecule has 2 unspecified atom stereocenters. The molecule has 0 amide bonds. The third kappa shape index (κ3) is 2.57. The summed E-state index contributed by atoms with van der Waals surface area (Å²) in [4.78, 5) is 16.8. The fraction of sp³-hybridized carbons (Fsp3) is 0.692. The van der Waals surface area contributed by atoms with E-state index in [2.05, 4.69) is 11.9 Å². The molecule has 1 aromatic heterocycles. The van der Waals surface area contributed by atoms with Crippen LogP contribution in [0.4, 0.5) is 0 Å². The highest BCUT2D eigenvalue weighted by molar-refractivity contribution is 7.11. The minimum atomic E-state index is -0.756. The molecular formula is C13H19NO3S. The van der Waals surface area contributed by atoms with Gasteiger partial charge in [0.1, 0.15) is 17.0 Å². The maximum Gasteiger partial charge on any atom is 0.312 e. The summed E-state index contributed by atoms with van der Waals surface area (Å²) in [7, 11) is 0. The first-order valence-electron chi connectivity index (χ1n) is 6.51. The number of carboxylic acids is 1. The van der Waals surface area contributed by atoms with Crippen LogP contribution in [0.5, 0.6) is 0 Å². The predicted molar refractivity (Wildman–Crippen MR) is 70.1 cm³/mol. The van der Waals surface area contributed by atoms with Gasteiger partial charge in [-0.15, -0.1) is 11.3 Å². The maximum absolute atomic E-state index is 11.1. The molecule has 0 aliphatic heterocycles. The number of carbonyl (C=O) groups is 1. The Hall–Kier alpha value is -0.940. The molecule has 2 atom stereocenters. The van der Waals surface area contributed by atoms with Crippen molar-refractivity contribution in [1.29, 1.82) is 0 Å². The Morgan fingerprint density at radius 2 is 2.39 bits per heavy atom. The van der Waals surface area contributed by atoms with Crippen molar-refractivity contribution in [2.24, 2.45) is 0 Å². The predicted octanol–water partition coefficient (Wildman–Crippen LogP) is 3.14. The van der Waals surface area contributed by atoms with Crippen LogP contribution in [0.25, 0.3) is 0 Å². The molecule has 0 saturated carbocycles. The molecule has 0 bridgehead atoms. The first kappa shape index (κ1) is 13.5. The lowest BCUT2D eigenvalue weighted by Crippen LogP contribution is -2.10. The molecule has 1 aliphatic rings. The number of fused-ring (bicyclic) bond motifs is 1. The highest BCUT2D eigenvalue weighted by atomic mass is 32.1. The number of aryl methyl sites for hydroxylation is 1. The van der Waals surface area contributed by atoms with Crippen LogP contribution in [-0.4, -0.2) is 22.7 Å². The van der Waals surface area contributed by atoms with E-state index in [1.165, 1.54) is 0 Å². The van der Waals surface area contributed by atoms with Gasteiger partial charge in [-0.2, -0.15) is 0 Å². The molecule has 1 aliphatic carbocycles. The molecule has 4 nitrogen and oxygen atoms in total. The molecular weight excluding hydrogens is 250 g/mol. The van der Waals surface area contributed by atoms with Gasteiger partial charge in [-0.25, -0.2) is 4.98 Å². The number of rotatable bonds is 6. The lowest BCUT2D eigenvalue weighted by atomic mass is 10.1. The molecule has 100 valence electrons. The highest BCUT2D eigenvalue weighted by Crippen LogP contribution is 2.39. The van der Waals surface area contributed by atoms with Gasteiger partial charge in [0.25, 0.3) is 0 Å². The molecule has 2 rings (SSSR count). The smallest absolute Gasteiger partial charge is 0.312 e. The molecule has 1 heterocycles. The topological polar surface area (TPSA) is 59.4 Å². The highest BCUT2D eigenvalue weighted by Gasteiger charge is 2.33. The van der Waals surface area contributed by atoms with Crippen LogP contribution in [0.1, 0.15) is 60.7 Å². The summed E-state index contributed by atoms with van der Waals surface area (Å²) < 4.78 is 5.70. The van der Waals surface area contributed by atoms with Gasteiger partial charge in [0.15, 0.2) is 0 Å². The zero-order chi connectivity index (χ0) is 13.1. The average molecular weight is 269 g/mol. The number of hydrogen-bond acceptors (Lipinski definition) is 4. The Bertz CT molecular complexity index is 424. The third-order valence-electron chi connectivity index (χ3n) is 3.23. The van der Waals surface area contributed by atoms with E-state index in [0.717, 1.165) is 34.8 Å². The standard InChI is InChI=1S/C13H19NO3S/c1-3-5-9(17-4-2)12-14-11-8(13(15)16)6-7-10(11)18-12/h8-9H,3-7H2,1-2H3,(H,15,16). The number of aromatic nitrogens is 1. The molecule has 0 aromatic carbocycles. The van der Waals surface area contributed by atoms with Crippen molar-refractivity contribution < 1.29 is 14.6 Å². The van der Waals surface area contributed by atoms with Crippen LogP contribution in [0.15, 0.2) is 0 Å². The zero-order valence-electron chi connectivity index (χ0n) is 10.8. The van der Waals surface area contributed by atoms with E-state index in [-0.39, 0.29) is 6.10 Å². The van der Waals surface area contributed by atoms with Crippen LogP contribution >= 0.6 is 11.3 Å². The van der Waals surface area contributed by atoms with Gasteiger partial charge in [0.2, 0.25) is 0 Å². The first-order valence-corrected chi connectivity index (χ1v) is 7.32. The van der Waals surface area contributed by atoms with Crippen molar-refractivity contribution in [1.82, 2.24) is 4.98 Å².